The molecule has 1 aromatic heterocycles. The number of anilines is 1. The van der Waals surface area contributed by atoms with E-state index in [9.17, 15) is 4.79 Å². The van der Waals surface area contributed by atoms with Gasteiger partial charge in [-0.2, -0.15) is 0 Å². The third kappa shape index (κ3) is 1.89. The van der Waals surface area contributed by atoms with Gasteiger partial charge < -0.3 is 5.73 Å². The summed E-state index contributed by atoms with van der Waals surface area (Å²) in [5.74, 6) is -0.388. The quantitative estimate of drug-likeness (QED) is 0.618. The fraction of sp³-hybridized carbons (Fsp3) is 0.200. The van der Waals surface area contributed by atoms with Crippen LogP contribution in [0.25, 0.3) is 0 Å². The van der Waals surface area contributed by atoms with Gasteiger partial charge in [-0.15, -0.1) is 11.3 Å². The molecule has 0 radical (unpaired) electrons. The van der Waals surface area contributed by atoms with Crippen LogP contribution in [0.15, 0.2) is 5.38 Å². The van der Waals surface area contributed by atoms with Gasteiger partial charge in [0.1, 0.15) is 5.69 Å². The van der Waals surface area contributed by atoms with Crippen LogP contribution in [0.4, 0.5) is 5.13 Å². The Labute approximate surface area is 67.1 Å². The molecule has 6 heteroatoms. The number of nitrogens with one attached hydrogen (secondary N) is 1. The van der Waals surface area contributed by atoms with E-state index < -0.39 is 0 Å². The summed E-state index contributed by atoms with van der Waals surface area (Å²) in [6.45, 7) is 0. The topological polar surface area (TPSA) is 77.2 Å². The molecule has 0 aliphatic heterocycles. The van der Waals surface area contributed by atoms with Crippen molar-refractivity contribution in [2.45, 2.75) is 0 Å². The number of aromatic nitrogens is 1. The van der Waals surface area contributed by atoms with Gasteiger partial charge in [0.05, 0.1) is 7.11 Å². The molecule has 0 bridgehead atoms. The zero-order valence-electron chi connectivity index (χ0n) is 5.83. The molecule has 60 valence electrons. The van der Waals surface area contributed by atoms with Crippen molar-refractivity contribution >= 4 is 22.4 Å². The van der Waals surface area contributed by atoms with Crippen molar-refractivity contribution in [1.82, 2.24) is 10.5 Å². The summed E-state index contributed by atoms with van der Waals surface area (Å²) in [5.41, 5.74) is 7.70. The highest BCUT2D eigenvalue weighted by molar-refractivity contribution is 7.13. The van der Waals surface area contributed by atoms with Gasteiger partial charge in [-0.05, 0) is 0 Å². The third-order valence-electron chi connectivity index (χ3n) is 0.949. The molecule has 3 N–H and O–H groups in total. The van der Waals surface area contributed by atoms with Gasteiger partial charge in [0.2, 0.25) is 0 Å². The molecule has 0 spiro atoms. The largest absolute Gasteiger partial charge is 0.375 e. The number of hydrogen-bond acceptors (Lipinski definition) is 5. The number of thiazole rings is 1. The van der Waals surface area contributed by atoms with E-state index in [1.54, 1.807) is 5.38 Å². The van der Waals surface area contributed by atoms with Crippen molar-refractivity contribution in [3.05, 3.63) is 11.1 Å². The van der Waals surface area contributed by atoms with E-state index in [0.717, 1.165) is 0 Å². The van der Waals surface area contributed by atoms with E-state index in [1.807, 2.05) is 0 Å². The van der Waals surface area contributed by atoms with Crippen LogP contribution in [0, 0.1) is 0 Å². The minimum Gasteiger partial charge on any atom is -0.375 e. The van der Waals surface area contributed by atoms with Crippen LogP contribution in [0.1, 0.15) is 10.5 Å². The number of hydrogen-bond donors (Lipinski definition) is 2. The van der Waals surface area contributed by atoms with E-state index in [0.29, 0.717) is 5.13 Å². The van der Waals surface area contributed by atoms with Crippen molar-refractivity contribution in [2.24, 2.45) is 0 Å². The summed E-state index contributed by atoms with van der Waals surface area (Å²) < 4.78 is 0. The van der Waals surface area contributed by atoms with Crippen molar-refractivity contribution in [3.8, 4) is 0 Å². The molecular formula is C5H7N3O2S. The van der Waals surface area contributed by atoms with Gasteiger partial charge in [-0.3, -0.25) is 9.63 Å². The smallest absolute Gasteiger partial charge is 0.294 e. The first kappa shape index (κ1) is 7.96. The normalized spacial score (nSPS) is 9.55. The number of hydroxylamine groups is 1. The number of nitrogen functional groups attached to an aromatic ring is 1. The molecule has 0 unspecified atom stereocenters. The first-order valence-electron chi connectivity index (χ1n) is 2.78. The van der Waals surface area contributed by atoms with E-state index in [2.05, 4.69) is 15.3 Å². The number of nitrogens with two attached hydrogens (primary N) is 1. The molecule has 0 fully saturated rings. The van der Waals surface area contributed by atoms with Gasteiger partial charge in [0, 0.05) is 5.38 Å². The number of nitrogens with zero attached hydrogens (tertiary/aromatic N) is 1. The van der Waals surface area contributed by atoms with E-state index in [-0.39, 0.29) is 11.6 Å². The summed E-state index contributed by atoms with van der Waals surface area (Å²) in [7, 11) is 1.35. The summed E-state index contributed by atoms with van der Waals surface area (Å²) in [6, 6.07) is 0. The maximum absolute atomic E-state index is 10.9. The molecular weight excluding hydrogens is 166 g/mol. The standard InChI is InChI=1S/C5H7N3O2S/c1-10-8-4(9)3-2-11-5(6)7-3/h2H,1H3,(H2,6,7)(H,8,9). The zero-order valence-corrected chi connectivity index (χ0v) is 6.64. The highest BCUT2D eigenvalue weighted by atomic mass is 32.1. The predicted molar refractivity (Wildman–Crippen MR) is 41.0 cm³/mol. The Hall–Kier alpha value is -1.14. The van der Waals surface area contributed by atoms with Crippen LogP contribution in [-0.4, -0.2) is 18.0 Å². The Balaban J connectivity index is 2.69. The second-order valence-electron chi connectivity index (χ2n) is 1.71. The minimum atomic E-state index is -0.388. The molecule has 0 aromatic carbocycles. The number of rotatable bonds is 2. The van der Waals surface area contributed by atoms with Gasteiger partial charge in [0.25, 0.3) is 5.91 Å². The zero-order chi connectivity index (χ0) is 8.27. The van der Waals surface area contributed by atoms with Crippen molar-refractivity contribution in [1.29, 1.82) is 0 Å². The van der Waals surface area contributed by atoms with Gasteiger partial charge in [0.15, 0.2) is 5.13 Å². The second-order valence-corrected chi connectivity index (χ2v) is 2.60. The van der Waals surface area contributed by atoms with E-state index in [4.69, 9.17) is 5.73 Å². The lowest BCUT2D eigenvalue weighted by Crippen LogP contribution is -2.22. The third-order valence-corrected chi connectivity index (χ3v) is 1.62. The van der Waals surface area contributed by atoms with Crippen LogP contribution in [0.2, 0.25) is 0 Å². The first-order chi connectivity index (χ1) is 5.24. The highest BCUT2D eigenvalue weighted by Gasteiger charge is 2.07. The lowest BCUT2D eigenvalue weighted by Gasteiger charge is -1.95. The Kier molecular flexibility index (Phi) is 2.40. The Morgan fingerprint density at radius 2 is 2.64 bits per heavy atom. The van der Waals surface area contributed by atoms with Gasteiger partial charge in [-0.1, -0.05) is 0 Å². The fourth-order valence-corrected chi connectivity index (χ4v) is 1.08. The van der Waals surface area contributed by atoms with Crippen LogP contribution < -0.4 is 11.2 Å². The highest BCUT2D eigenvalue weighted by Crippen LogP contribution is 2.10. The van der Waals surface area contributed by atoms with E-state index >= 15 is 0 Å². The SMILES string of the molecule is CONC(=O)c1csc(N)n1. The Morgan fingerprint density at radius 1 is 1.91 bits per heavy atom. The molecule has 0 atom stereocenters. The summed E-state index contributed by atoms with van der Waals surface area (Å²) in [4.78, 5) is 19.0. The van der Waals surface area contributed by atoms with Crippen molar-refractivity contribution in [3.63, 3.8) is 0 Å². The maximum Gasteiger partial charge on any atom is 0.294 e. The lowest BCUT2D eigenvalue weighted by atomic mass is 10.5. The molecule has 1 heterocycles. The van der Waals surface area contributed by atoms with Gasteiger partial charge in [-0.25, -0.2) is 10.5 Å². The lowest BCUT2D eigenvalue weighted by molar-refractivity contribution is 0.0533. The molecule has 0 saturated heterocycles. The fourth-order valence-electron chi connectivity index (χ4n) is 0.537. The van der Waals surface area contributed by atoms with Gasteiger partial charge >= 0.3 is 0 Å². The summed E-state index contributed by atoms with van der Waals surface area (Å²) >= 11 is 1.21. The van der Waals surface area contributed by atoms with Crippen LogP contribution in [-0.2, 0) is 4.84 Å². The molecule has 1 aromatic rings. The number of carbonyl (C=O) groups excluding carboxylic acids is 1. The Morgan fingerprint density at radius 3 is 3.09 bits per heavy atom. The molecule has 5 nitrogen and oxygen atoms in total. The van der Waals surface area contributed by atoms with E-state index in [1.165, 1.54) is 18.4 Å². The predicted octanol–water partition coefficient (Wildman–Crippen LogP) is 0.0165. The summed E-state index contributed by atoms with van der Waals surface area (Å²) in [6.07, 6.45) is 0. The first-order valence-corrected chi connectivity index (χ1v) is 3.66. The molecule has 0 saturated carbocycles. The summed E-state index contributed by atoms with van der Waals surface area (Å²) in [5, 5.41) is 1.93. The second kappa shape index (κ2) is 3.31. The minimum absolute atomic E-state index is 0.273. The monoisotopic (exact) mass is 173 g/mol. The van der Waals surface area contributed by atoms with Crippen LogP contribution in [0.3, 0.4) is 0 Å². The van der Waals surface area contributed by atoms with Crippen LogP contribution in [0.5, 0.6) is 0 Å². The number of amides is 1. The average Bonchev–Trinajstić information content (AvgIpc) is 2.36. The Bertz CT molecular complexity index is 260. The molecule has 1 amide bonds. The molecule has 0 aliphatic rings. The maximum atomic E-state index is 10.9. The molecule has 1 rings (SSSR count). The average molecular weight is 173 g/mol. The number of carbonyl (C=O) groups is 1. The van der Waals surface area contributed by atoms with Crippen LogP contribution >= 0.6 is 11.3 Å². The molecule has 0 aliphatic carbocycles. The molecule has 11 heavy (non-hydrogen) atoms. The van der Waals surface area contributed by atoms with Crippen molar-refractivity contribution < 1.29 is 9.63 Å². The van der Waals surface area contributed by atoms with Crippen molar-refractivity contribution in [2.75, 3.05) is 12.8 Å².